The summed E-state index contributed by atoms with van der Waals surface area (Å²) in [4.78, 5) is 14.2. The van der Waals surface area contributed by atoms with Crippen LogP contribution in [0.1, 0.15) is 56.9 Å². The van der Waals surface area contributed by atoms with Crippen LogP contribution in [-0.4, -0.2) is 22.7 Å². The van der Waals surface area contributed by atoms with Gasteiger partial charge in [0.1, 0.15) is 0 Å². The molecule has 2 aliphatic rings. The highest BCUT2D eigenvalue weighted by molar-refractivity contribution is 7.14. The summed E-state index contributed by atoms with van der Waals surface area (Å²) >= 11 is 1.54. The highest BCUT2D eigenvalue weighted by Gasteiger charge is 2.22. The smallest absolute Gasteiger partial charge is 0.261 e. The van der Waals surface area contributed by atoms with Crippen molar-refractivity contribution in [1.82, 2.24) is 15.5 Å². The van der Waals surface area contributed by atoms with Crippen LogP contribution in [0.3, 0.4) is 0 Å². The maximum absolute atomic E-state index is 12.3. The van der Waals surface area contributed by atoms with Gasteiger partial charge in [0.2, 0.25) is 0 Å². The summed E-state index contributed by atoms with van der Waals surface area (Å²) < 4.78 is 5.67. The van der Waals surface area contributed by atoms with Crippen LogP contribution >= 0.6 is 11.3 Å². The fraction of sp³-hybridized carbons (Fsp3) is 0.500. The van der Waals surface area contributed by atoms with Crippen LogP contribution < -0.4 is 5.32 Å². The van der Waals surface area contributed by atoms with Crippen LogP contribution in [-0.2, 0) is 24.1 Å². The van der Waals surface area contributed by atoms with E-state index in [2.05, 4.69) is 15.5 Å². The third-order valence-corrected chi connectivity index (χ3v) is 5.58. The fourth-order valence-corrected chi connectivity index (χ4v) is 4.24. The number of nitrogens with zero attached hydrogens (tertiary/aromatic N) is 1. The number of hydrogen-bond donors (Lipinski definition) is 2. The van der Waals surface area contributed by atoms with Crippen molar-refractivity contribution in [2.24, 2.45) is 0 Å². The van der Waals surface area contributed by atoms with Gasteiger partial charge in [0.05, 0.1) is 23.2 Å². The summed E-state index contributed by atoms with van der Waals surface area (Å²) in [5.74, 6) is -0.0241. The molecule has 6 heteroatoms. The van der Waals surface area contributed by atoms with Crippen molar-refractivity contribution in [3.63, 3.8) is 0 Å². The summed E-state index contributed by atoms with van der Waals surface area (Å²) in [6.45, 7) is 1.33. The van der Waals surface area contributed by atoms with Crippen LogP contribution in [0.5, 0.6) is 0 Å². The number of carbonyl (C=O) groups excluding carboxylic acids is 1. The van der Waals surface area contributed by atoms with E-state index in [1.54, 1.807) is 0 Å². The van der Waals surface area contributed by atoms with Gasteiger partial charge in [-0.15, -0.1) is 11.3 Å². The third kappa shape index (κ3) is 2.57. The lowest BCUT2D eigenvalue weighted by atomic mass is 10.2. The lowest BCUT2D eigenvalue weighted by Crippen LogP contribution is -2.22. The Hall–Kier alpha value is -1.66. The van der Waals surface area contributed by atoms with Gasteiger partial charge in [-0.2, -0.15) is 5.10 Å². The number of carbonyl (C=O) groups is 1. The lowest BCUT2D eigenvalue weighted by molar-refractivity contribution is 0.0954. The molecule has 1 atom stereocenters. The first-order valence-corrected chi connectivity index (χ1v) is 8.67. The first-order valence-electron chi connectivity index (χ1n) is 7.86. The molecule has 1 aliphatic heterocycles. The molecule has 1 fully saturated rings. The number of rotatable bonds is 4. The zero-order valence-corrected chi connectivity index (χ0v) is 13.2. The van der Waals surface area contributed by atoms with Crippen molar-refractivity contribution < 1.29 is 9.53 Å². The van der Waals surface area contributed by atoms with Gasteiger partial charge in [0, 0.05) is 17.2 Å². The predicted molar refractivity (Wildman–Crippen MR) is 84.0 cm³/mol. The van der Waals surface area contributed by atoms with E-state index in [9.17, 15) is 4.79 Å². The van der Waals surface area contributed by atoms with Crippen LogP contribution in [0.4, 0.5) is 0 Å². The number of ether oxygens (including phenoxy) is 1. The van der Waals surface area contributed by atoms with Gasteiger partial charge in [-0.25, -0.2) is 0 Å². The summed E-state index contributed by atoms with van der Waals surface area (Å²) in [7, 11) is 0. The van der Waals surface area contributed by atoms with Crippen molar-refractivity contribution in [2.45, 2.75) is 44.8 Å². The minimum Gasteiger partial charge on any atom is -0.373 e. The van der Waals surface area contributed by atoms with Crippen molar-refractivity contribution >= 4 is 17.2 Å². The molecule has 2 N–H and O–H groups in total. The van der Waals surface area contributed by atoms with Gasteiger partial charge in [0.25, 0.3) is 5.91 Å². The molecule has 3 heterocycles. The van der Waals surface area contributed by atoms with Crippen LogP contribution in [0.15, 0.2) is 12.1 Å². The quantitative estimate of drug-likeness (QED) is 0.911. The average Bonchev–Trinajstić information content (AvgIpc) is 3.28. The number of nitrogens with one attached hydrogen (secondary N) is 2. The second-order valence-electron chi connectivity index (χ2n) is 5.87. The Kier molecular flexibility index (Phi) is 3.72. The first-order chi connectivity index (χ1) is 10.8. The molecule has 22 heavy (non-hydrogen) atoms. The molecule has 2 aromatic heterocycles. The summed E-state index contributed by atoms with van der Waals surface area (Å²) in [6, 6.07) is 3.91. The molecule has 0 spiro atoms. The molecule has 0 saturated carbocycles. The monoisotopic (exact) mass is 317 g/mol. The van der Waals surface area contributed by atoms with E-state index in [1.165, 1.54) is 29.0 Å². The Bertz CT molecular complexity index is 685. The topological polar surface area (TPSA) is 67.0 Å². The van der Waals surface area contributed by atoms with Crippen molar-refractivity contribution in [3.8, 4) is 0 Å². The van der Waals surface area contributed by atoms with E-state index in [1.807, 2.05) is 12.1 Å². The average molecular weight is 317 g/mol. The van der Waals surface area contributed by atoms with E-state index in [0.29, 0.717) is 6.54 Å². The highest BCUT2D eigenvalue weighted by Crippen LogP contribution is 2.33. The minimum atomic E-state index is -0.0241. The van der Waals surface area contributed by atoms with Gasteiger partial charge in [-0.05, 0) is 49.8 Å². The molecule has 1 amide bonds. The summed E-state index contributed by atoms with van der Waals surface area (Å²) in [5, 5.41) is 10.4. The molecule has 0 aromatic carbocycles. The Balaban J connectivity index is 1.39. The number of aromatic nitrogens is 2. The normalized spacial score (nSPS) is 20.3. The van der Waals surface area contributed by atoms with Gasteiger partial charge in [0.15, 0.2) is 0 Å². The SMILES string of the molecule is O=C(NCc1n[nH]c2c1CCC2)c1ccc([C@H]2CCCO2)s1. The standard InChI is InChI=1S/C16H19N3O2S/c20-16(15-7-6-14(22-15)13-5-2-8-21-13)17-9-12-10-3-1-4-11(10)18-19-12/h6-7,13H,1-5,8-9H2,(H,17,20)(H,18,19)/t13-/m1/s1. The molecule has 4 rings (SSSR count). The molecule has 0 bridgehead atoms. The maximum Gasteiger partial charge on any atom is 0.261 e. The number of thiophene rings is 1. The Labute approximate surface area is 133 Å². The molecule has 0 unspecified atom stereocenters. The van der Waals surface area contributed by atoms with Crippen molar-refractivity contribution in [2.75, 3.05) is 6.61 Å². The third-order valence-electron chi connectivity index (χ3n) is 4.41. The maximum atomic E-state index is 12.3. The van der Waals surface area contributed by atoms with Crippen molar-refractivity contribution in [3.05, 3.63) is 38.8 Å². The van der Waals surface area contributed by atoms with E-state index in [0.717, 1.165) is 47.7 Å². The number of amides is 1. The van der Waals surface area contributed by atoms with Gasteiger partial charge >= 0.3 is 0 Å². The number of aryl methyl sites for hydroxylation is 1. The van der Waals surface area contributed by atoms with Gasteiger partial charge < -0.3 is 10.1 Å². The molecule has 116 valence electrons. The second-order valence-corrected chi connectivity index (χ2v) is 6.98. The fourth-order valence-electron chi connectivity index (χ4n) is 3.24. The first kappa shape index (κ1) is 14.0. The van der Waals surface area contributed by atoms with Crippen molar-refractivity contribution in [1.29, 1.82) is 0 Å². The van der Waals surface area contributed by atoms with E-state index < -0.39 is 0 Å². The number of fused-ring (bicyclic) bond motifs is 1. The summed E-state index contributed by atoms with van der Waals surface area (Å²) in [5.41, 5.74) is 3.52. The van der Waals surface area contributed by atoms with Crippen LogP contribution in [0.2, 0.25) is 0 Å². The van der Waals surface area contributed by atoms with Crippen LogP contribution in [0, 0.1) is 0 Å². The van der Waals surface area contributed by atoms with E-state index >= 15 is 0 Å². The lowest BCUT2D eigenvalue weighted by Gasteiger charge is -2.05. The Morgan fingerprint density at radius 2 is 2.36 bits per heavy atom. The highest BCUT2D eigenvalue weighted by atomic mass is 32.1. The Morgan fingerprint density at radius 3 is 3.23 bits per heavy atom. The van der Waals surface area contributed by atoms with E-state index in [4.69, 9.17) is 4.74 Å². The number of aromatic amines is 1. The molecular weight excluding hydrogens is 298 g/mol. The minimum absolute atomic E-state index is 0.0241. The van der Waals surface area contributed by atoms with E-state index in [-0.39, 0.29) is 12.0 Å². The zero-order chi connectivity index (χ0) is 14.9. The largest absolute Gasteiger partial charge is 0.373 e. The predicted octanol–water partition coefficient (Wildman–Crippen LogP) is 2.74. The second kappa shape index (κ2) is 5.85. The Morgan fingerprint density at radius 1 is 1.41 bits per heavy atom. The molecule has 5 nitrogen and oxygen atoms in total. The van der Waals surface area contributed by atoms with Gasteiger partial charge in [-0.1, -0.05) is 0 Å². The van der Waals surface area contributed by atoms with Gasteiger partial charge in [-0.3, -0.25) is 9.89 Å². The molecule has 0 radical (unpaired) electrons. The molecule has 1 aliphatic carbocycles. The summed E-state index contributed by atoms with van der Waals surface area (Å²) in [6.07, 6.45) is 5.67. The molecule has 2 aromatic rings. The molecular formula is C16H19N3O2S. The number of hydrogen-bond acceptors (Lipinski definition) is 4. The van der Waals surface area contributed by atoms with Crippen LogP contribution in [0.25, 0.3) is 0 Å². The zero-order valence-electron chi connectivity index (χ0n) is 12.4. The number of H-pyrrole nitrogens is 1. The molecule has 1 saturated heterocycles.